The van der Waals surface area contributed by atoms with E-state index in [9.17, 15) is 9.59 Å². The summed E-state index contributed by atoms with van der Waals surface area (Å²) in [6, 6.07) is 14.5. The molecule has 2 fully saturated rings. The van der Waals surface area contributed by atoms with Gasteiger partial charge in [-0.15, -0.1) is 0 Å². The molecule has 0 aliphatic carbocycles. The predicted molar refractivity (Wildman–Crippen MR) is 136 cm³/mol. The fourth-order valence-corrected chi connectivity index (χ4v) is 4.99. The molecule has 0 aromatic heterocycles. The molecule has 2 saturated heterocycles. The van der Waals surface area contributed by atoms with Gasteiger partial charge in [-0.25, -0.2) is 0 Å². The molecule has 2 aromatic rings. The minimum atomic E-state index is -0.673. The lowest BCUT2D eigenvalue weighted by Gasteiger charge is -2.39. The first-order valence-corrected chi connectivity index (χ1v) is 12.0. The monoisotopic (exact) mass is 505 g/mol. The number of piperazine rings is 2. The van der Waals surface area contributed by atoms with Crippen LogP contribution in [0.25, 0.3) is 0 Å². The van der Waals surface area contributed by atoms with Crippen molar-refractivity contribution in [2.75, 3.05) is 49.5 Å². The molecule has 0 bridgehead atoms. The number of rotatable bonds is 4. The maximum atomic E-state index is 13.1. The summed E-state index contributed by atoms with van der Waals surface area (Å²) in [5.41, 5.74) is 1.78. The highest BCUT2D eigenvalue weighted by molar-refractivity contribution is 7.80. The molecule has 2 aliphatic rings. The normalized spacial score (nSPS) is 18.7. The summed E-state index contributed by atoms with van der Waals surface area (Å²) >= 11 is 17.7. The molecule has 0 spiro atoms. The summed E-state index contributed by atoms with van der Waals surface area (Å²) in [6.45, 7) is 3.71. The molecule has 33 heavy (non-hydrogen) atoms. The Morgan fingerprint density at radius 1 is 1.03 bits per heavy atom. The fraction of sp³-hybridized carbons (Fsp3) is 0.348. The maximum absolute atomic E-state index is 13.1. The zero-order chi connectivity index (χ0) is 23.4. The van der Waals surface area contributed by atoms with Crippen LogP contribution in [0.15, 0.2) is 48.5 Å². The van der Waals surface area contributed by atoms with Crippen molar-refractivity contribution in [3.63, 3.8) is 0 Å². The fourth-order valence-electron chi connectivity index (χ4n) is 4.13. The SMILES string of the molecule is O=C1NCCN(C(=S)Nc2cc(Cl)cc(Cl)c2)C1CC(=O)N1CCN(c2ccccc2)CC1. The number of halogens is 2. The van der Waals surface area contributed by atoms with E-state index in [2.05, 4.69) is 27.7 Å². The molecule has 0 radical (unpaired) electrons. The number of thiocarbonyl (C=S) groups is 1. The number of carbonyl (C=O) groups is 2. The molecule has 2 N–H and O–H groups in total. The van der Waals surface area contributed by atoms with Crippen LogP contribution in [-0.4, -0.2) is 72.0 Å². The Bertz CT molecular complexity index is 1010. The molecular formula is C23H25Cl2N5O2S. The Kier molecular flexibility index (Phi) is 7.57. The lowest BCUT2D eigenvalue weighted by Crippen LogP contribution is -2.60. The van der Waals surface area contributed by atoms with Crippen molar-refractivity contribution < 1.29 is 9.59 Å². The van der Waals surface area contributed by atoms with Crippen LogP contribution in [-0.2, 0) is 9.59 Å². The summed E-state index contributed by atoms with van der Waals surface area (Å²) in [7, 11) is 0. The number of hydrogen-bond acceptors (Lipinski definition) is 4. The highest BCUT2D eigenvalue weighted by Gasteiger charge is 2.35. The van der Waals surface area contributed by atoms with Crippen molar-refractivity contribution in [1.29, 1.82) is 0 Å². The highest BCUT2D eigenvalue weighted by atomic mass is 35.5. The number of anilines is 2. The molecule has 1 atom stereocenters. The first-order chi connectivity index (χ1) is 15.9. The molecule has 2 amide bonds. The summed E-state index contributed by atoms with van der Waals surface area (Å²) in [5.74, 6) is -0.255. The predicted octanol–water partition coefficient (Wildman–Crippen LogP) is 3.23. The first kappa shape index (κ1) is 23.6. The Labute approximate surface area is 208 Å². The molecule has 1 unspecified atom stereocenters. The van der Waals surface area contributed by atoms with E-state index in [4.69, 9.17) is 35.4 Å². The third-order valence-electron chi connectivity index (χ3n) is 5.83. The number of hydrogen-bond donors (Lipinski definition) is 2. The van der Waals surface area contributed by atoms with Gasteiger partial charge in [0.15, 0.2) is 5.11 Å². The standard InChI is InChI=1S/C23H25Cl2N5O2S/c24-16-12-17(25)14-18(13-16)27-23(33)30-7-6-26-22(32)20(30)15-21(31)29-10-8-28(9-11-29)19-4-2-1-3-5-19/h1-5,12-14,20H,6-11,15H2,(H,26,32)(H,27,33). The van der Waals surface area contributed by atoms with Crippen LogP contribution in [0.4, 0.5) is 11.4 Å². The van der Waals surface area contributed by atoms with Crippen LogP contribution in [0.1, 0.15) is 6.42 Å². The van der Waals surface area contributed by atoms with E-state index in [-0.39, 0.29) is 18.2 Å². The Balaban J connectivity index is 1.38. The van der Waals surface area contributed by atoms with Crippen molar-refractivity contribution in [3.8, 4) is 0 Å². The second-order valence-corrected chi connectivity index (χ2v) is 9.26. The zero-order valence-corrected chi connectivity index (χ0v) is 20.3. The lowest BCUT2D eigenvalue weighted by molar-refractivity contribution is -0.137. The second-order valence-electron chi connectivity index (χ2n) is 8.00. The highest BCUT2D eigenvalue weighted by Crippen LogP contribution is 2.24. The van der Waals surface area contributed by atoms with Gasteiger partial charge in [0, 0.05) is 60.7 Å². The quantitative estimate of drug-likeness (QED) is 0.621. The van der Waals surface area contributed by atoms with Crippen LogP contribution in [0.5, 0.6) is 0 Å². The van der Waals surface area contributed by atoms with Gasteiger partial charge in [0.1, 0.15) is 6.04 Å². The molecule has 4 rings (SSSR count). The van der Waals surface area contributed by atoms with E-state index in [0.717, 1.165) is 18.8 Å². The van der Waals surface area contributed by atoms with E-state index in [0.29, 0.717) is 47.0 Å². The average molecular weight is 506 g/mol. The third kappa shape index (κ3) is 5.88. The van der Waals surface area contributed by atoms with Crippen molar-refractivity contribution in [2.45, 2.75) is 12.5 Å². The van der Waals surface area contributed by atoms with E-state index in [1.807, 2.05) is 23.1 Å². The van der Waals surface area contributed by atoms with Gasteiger partial charge in [0.25, 0.3) is 0 Å². The van der Waals surface area contributed by atoms with Gasteiger partial charge in [-0.1, -0.05) is 41.4 Å². The van der Waals surface area contributed by atoms with Gasteiger partial charge in [0.2, 0.25) is 11.8 Å². The van der Waals surface area contributed by atoms with Crippen LogP contribution in [0, 0.1) is 0 Å². The zero-order valence-electron chi connectivity index (χ0n) is 18.0. The summed E-state index contributed by atoms with van der Waals surface area (Å²) in [5, 5.41) is 7.26. The van der Waals surface area contributed by atoms with Gasteiger partial charge in [0.05, 0.1) is 6.42 Å². The van der Waals surface area contributed by atoms with Crippen molar-refractivity contribution in [1.82, 2.24) is 15.1 Å². The van der Waals surface area contributed by atoms with Gasteiger partial charge < -0.3 is 25.3 Å². The molecule has 174 valence electrons. The number of para-hydroxylation sites is 1. The number of carbonyl (C=O) groups excluding carboxylic acids is 2. The molecule has 7 nitrogen and oxygen atoms in total. The van der Waals surface area contributed by atoms with Gasteiger partial charge in [-0.2, -0.15) is 0 Å². The Hall–Kier alpha value is -2.55. The second kappa shape index (κ2) is 10.6. The Morgan fingerprint density at radius 3 is 2.36 bits per heavy atom. The van der Waals surface area contributed by atoms with Crippen molar-refractivity contribution in [3.05, 3.63) is 58.6 Å². The lowest BCUT2D eigenvalue weighted by atomic mass is 10.1. The minimum absolute atomic E-state index is 0.0524. The van der Waals surface area contributed by atoms with Crippen LogP contribution >= 0.6 is 35.4 Å². The molecule has 2 aromatic carbocycles. The number of amides is 2. The van der Waals surface area contributed by atoms with Crippen LogP contribution < -0.4 is 15.5 Å². The third-order valence-corrected chi connectivity index (χ3v) is 6.60. The number of nitrogens with zero attached hydrogens (tertiary/aromatic N) is 3. The summed E-state index contributed by atoms with van der Waals surface area (Å²) in [6.07, 6.45) is 0.0648. The van der Waals surface area contributed by atoms with E-state index in [1.165, 1.54) is 0 Å². The largest absolute Gasteiger partial charge is 0.368 e. The van der Waals surface area contributed by atoms with Crippen LogP contribution in [0.2, 0.25) is 10.0 Å². The molecular weight excluding hydrogens is 481 g/mol. The van der Waals surface area contributed by atoms with Gasteiger partial charge >= 0.3 is 0 Å². The first-order valence-electron chi connectivity index (χ1n) is 10.8. The van der Waals surface area contributed by atoms with E-state index >= 15 is 0 Å². The van der Waals surface area contributed by atoms with Crippen molar-refractivity contribution in [2.24, 2.45) is 0 Å². The smallest absolute Gasteiger partial charge is 0.243 e. The number of nitrogens with one attached hydrogen (secondary N) is 2. The van der Waals surface area contributed by atoms with Gasteiger partial charge in [-0.3, -0.25) is 9.59 Å². The van der Waals surface area contributed by atoms with Gasteiger partial charge in [-0.05, 0) is 42.5 Å². The molecule has 2 heterocycles. The summed E-state index contributed by atoms with van der Waals surface area (Å²) in [4.78, 5) is 31.6. The maximum Gasteiger partial charge on any atom is 0.243 e. The minimum Gasteiger partial charge on any atom is -0.368 e. The van der Waals surface area contributed by atoms with E-state index < -0.39 is 6.04 Å². The van der Waals surface area contributed by atoms with Crippen molar-refractivity contribution >= 4 is 63.7 Å². The van der Waals surface area contributed by atoms with Crippen LogP contribution in [0.3, 0.4) is 0 Å². The molecule has 0 saturated carbocycles. The topological polar surface area (TPSA) is 67.9 Å². The summed E-state index contributed by atoms with van der Waals surface area (Å²) < 4.78 is 0. The molecule has 2 aliphatic heterocycles. The number of benzene rings is 2. The molecule has 10 heteroatoms. The average Bonchev–Trinajstić information content (AvgIpc) is 2.80. The van der Waals surface area contributed by atoms with E-state index in [1.54, 1.807) is 23.1 Å². The Morgan fingerprint density at radius 2 is 1.70 bits per heavy atom.